The summed E-state index contributed by atoms with van der Waals surface area (Å²) in [6, 6.07) is 11.9. The quantitative estimate of drug-likeness (QED) is 0.791. The molecule has 1 aromatic rings. The van der Waals surface area contributed by atoms with E-state index in [2.05, 4.69) is 54.4 Å². The third-order valence-corrected chi connectivity index (χ3v) is 2.88. The van der Waals surface area contributed by atoms with E-state index in [4.69, 9.17) is 0 Å². The van der Waals surface area contributed by atoms with Crippen molar-refractivity contribution in [2.75, 3.05) is 13.1 Å². The topological polar surface area (TPSA) is 15.3 Å². The molecule has 1 fully saturated rings. The van der Waals surface area contributed by atoms with Gasteiger partial charge in [-0.2, -0.15) is 0 Å². The largest absolute Gasteiger partial charge is 0.309 e. The average Bonchev–Trinajstić information content (AvgIpc) is 2.17. The van der Waals surface area contributed by atoms with Gasteiger partial charge in [0.05, 0.1) is 0 Å². The molecule has 15 heavy (non-hydrogen) atoms. The Labute approximate surface area is 92.3 Å². The number of nitrogens with one attached hydrogen (secondary N) is 1. The second-order valence-corrected chi connectivity index (χ2v) is 4.65. The lowest BCUT2D eigenvalue weighted by atomic mass is 10.1. The Morgan fingerprint density at radius 3 is 2.33 bits per heavy atom. The van der Waals surface area contributed by atoms with Crippen LogP contribution in [0.25, 0.3) is 0 Å². The minimum atomic E-state index is 0.609. The Morgan fingerprint density at radius 2 is 1.73 bits per heavy atom. The van der Waals surface area contributed by atoms with Gasteiger partial charge in [-0.05, 0) is 19.4 Å². The Morgan fingerprint density at radius 1 is 1.13 bits per heavy atom. The molecule has 2 rings (SSSR count). The van der Waals surface area contributed by atoms with Crippen LogP contribution in [0.5, 0.6) is 0 Å². The minimum Gasteiger partial charge on any atom is -0.309 e. The Balaban J connectivity index is 1.94. The van der Waals surface area contributed by atoms with Gasteiger partial charge in [-0.15, -0.1) is 0 Å². The van der Waals surface area contributed by atoms with Crippen LogP contribution in [0.15, 0.2) is 30.3 Å². The molecule has 0 saturated carbocycles. The lowest BCUT2D eigenvalue weighted by Crippen LogP contribution is -2.53. The maximum Gasteiger partial charge on any atom is 0.0235 e. The van der Waals surface area contributed by atoms with E-state index in [-0.39, 0.29) is 0 Å². The maximum absolute atomic E-state index is 3.55. The first-order valence-corrected chi connectivity index (χ1v) is 5.76. The van der Waals surface area contributed by atoms with E-state index < -0.39 is 0 Å². The zero-order chi connectivity index (χ0) is 10.7. The molecule has 0 amide bonds. The van der Waals surface area contributed by atoms with Crippen LogP contribution >= 0.6 is 0 Å². The fourth-order valence-corrected chi connectivity index (χ4v) is 2.41. The van der Waals surface area contributed by atoms with Crippen molar-refractivity contribution >= 4 is 0 Å². The molecular weight excluding hydrogens is 184 g/mol. The van der Waals surface area contributed by atoms with Crippen molar-refractivity contribution in [1.82, 2.24) is 10.2 Å². The Hall–Kier alpha value is -0.860. The first-order valence-electron chi connectivity index (χ1n) is 5.76. The molecule has 2 atom stereocenters. The molecule has 1 heterocycles. The van der Waals surface area contributed by atoms with Crippen molar-refractivity contribution in [3.8, 4) is 0 Å². The summed E-state index contributed by atoms with van der Waals surface area (Å²) in [4.78, 5) is 2.53. The van der Waals surface area contributed by atoms with Crippen LogP contribution < -0.4 is 5.32 Å². The molecule has 0 bridgehead atoms. The lowest BCUT2D eigenvalue weighted by molar-refractivity contribution is 0.166. The van der Waals surface area contributed by atoms with Crippen LogP contribution in [0.1, 0.15) is 19.4 Å². The van der Waals surface area contributed by atoms with E-state index >= 15 is 0 Å². The zero-order valence-electron chi connectivity index (χ0n) is 9.61. The number of nitrogens with zero attached hydrogens (tertiary/aromatic N) is 1. The summed E-state index contributed by atoms with van der Waals surface area (Å²) in [6.45, 7) is 7.90. The van der Waals surface area contributed by atoms with Crippen molar-refractivity contribution in [1.29, 1.82) is 0 Å². The molecule has 1 aliphatic rings. The van der Waals surface area contributed by atoms with Crippen LogP contribution in [-0.4, -0.2) is 30.1 Å². The molecule has 0 unspecified atom stereocenters. The lowest BCUT2D eigenvalue weighted by Gasteiger charge is -2.36. The van der Waals surface area contributed by atoms with E-state index in [1.807, 2.05) is 0 Å². The molecule has 2 heteroatoms. The monoisotopic (exact) mass is 204 g/mol. The highest BCUT2D eigenvalue weighted by atomic mass is 15.2. The summed E-state index contributed by atoms with van der Waals surface area (Å²) in [6.07, 6.45) is 0. The molecule has 2 nitrogen and oxygen atoms in total. The second-order valence-electron chi connectivity index (χ2n) is 4.65. The molecule has 1 aliphatic heterocycles. The summed E-state index contributed by atoms with van der Waals surface area (Å²) < 4.78 is 0. The van der Waals surface area contributed by atoms with Crippen LogP contribution in [0.3, 0.4) is 0 Å². The standard InChI is InChI=1S/C13H20N2/c1-11-8-15(9-12(2)14-11)10-13-6-4-3-5-7-13/h3-7,11-12,14H,8-10H2,1-2H3/t11-,12-/m0/s1. The van der Waals surface area contributed by atoms with Gasteiger partial charge in [-0.3, -0.25) is 4.90 Å². The summed E-state index contributed by atoms with van der Waals surface area (Å²) in [5, 5.41) is 3.55. The summed E-state index contributed by atoms with van der Waals surface area (Å²) >= 11 is 0. The van der Waals surface area contributed by atoms with Gasteiger partial charge in [-0.25, -0.2) is 0 Å². The normalized spacial score (nSPS) is 27.9. The van der Waals surface area contributed by atoms with Crippen molar-refractivity contribution in [2.24, 2.45) is 0 Å². The zero-order valence-corrected chi connectivity index (χ0v) is 9.61. The van der Waals surface area contributed by atoms with Crippen molar-refractivity contribution in [3.63, 3.8) is 0 Å². The summed E-state index contributed by atoms with van der Waals surface area (Å²) in [5.74, 6) is 0. The van der Waals surface area contributed by atoms with E-state index in [0.717, 1.165) is 19.6 Å². The number of piperazine rings is 1. The number of benzene rings is 1. The van der Waals surface area contributed by atoms with Crippen LogP contribution in [0, 0.1) is 0 Å². The van der Waals surface area contributed by atoms with Crippen molar-refractivity contribution < 1.29 is 0 Å². The van der Waals surface area contributed by atoms with Gasteiger partial charge in [0.25, 0.3) is 0 Å². The smallest absolute Gasteiger partial charge is 0.0235 e. The molecule has 1 N–H and O–H groups in total. The maximum atomic E-state index is 3.55. The number of rotatable bonds is 2. The first-order chi connectivity index (χ1) is 7.24. The number of hydrogen-bond donors (Lipinski definition) is 1. The predicted octanol–water partition coefficient (Wildman–Crippen LogP) is 1.87. The average molecular weight is 204 g/mol. The number of hydrogen-bond acceptors (Lipinski definition) is 2. The van der Waals surface area contributed by atoms with E-state index in [1.54, 1.807) is 0 Å². The van der Waals surface area contributed by atoms with Gasteiger partial charge < -0.3 is 5.32 Å². The Bertz CT molecular complexity index is 287. The fourth-order valence-electron chi connectivity index (χ4n) is 2.41. The van der Waals surface area contributed by atoms with Gasteiger partial charge in [0.1, 0.15) is 0 Å². The summed E-state index contributed by atoms with van der Waals surface area (Å²) in [7, 11) is 0. The van der Waals surface area contributed by atoms with Gasteiger partial charge in [0.2, 0.25) is 0 Å². The van der Waals surface area contributed by atoms with Crippen molar-refractivity contribution in [2.45, 2.75) is 32.5 Å². The molecular formula is C13H20N2. The third kappa shape index (κ3) is 3.05. The van der Waals surface area contributed by atoms with E-state index in [9.17, 15) is 0 Å². The molecule has 0 aromatic heterocycles. The molecule has 0 aliphatic carbocycles. The SMILES string of the molecule is C[C@H]1CN(Cc2ccccc2)C[C@H](C)N1. The highest BCUT2D eigenvalue weighted by Gasteiger charge is 2.20. The molecule has 0 radical (unpaired) electrons. The van der Waals surface area contributed by atoms with Gasteiger partial charge in [0.15, 0.2) is 0 Å². The van der Waals surface area contributed by atoms with Gasteiger partial charge in [0, 0.05) is 31.7 Å². The highest BCUT2D eigenvalue weighted by Crippen LogP contribution is 2.09. The van der Waals surface area contributed by atoms with Crippen LogP contribution in [0.4, 0.5) is 0 Å². The van der Waals surface area contributed by atoms with E-state index in [1.165, 1.54) is 5.56 Å². The van der Waals surface area contributed by atoms with Crippen molar-refractivity contribution in [3.05, 3.63) is 35.9 Å². The fraction of sp³-hybridized carbons (Fsp3) is 0.538. The van der Waals surface area contributed by atoms with E-state index in [0.29, 0.717) is 12.1 Å². The van der Waals surface area contributed by atoms with Crippen LogP contribution in [-0.2, 0) is 6.54 Å². The highest BCUT2D eigenvalue weighted by molar-refractivity contribution is 5.14. The first kappa shape index (κ1) is 10.7. The molecule has 0 spiro atoms. The molecule has 1 aromatic carbocycles. The molecule has 82 valence electrons. The third-order valence-electron chi connectivity index (χ3n) is 2.88. The van der Waals surface area contributed by atoms with Crippen LogP contribution in [0.2, 0.25) is 0 Å². The van der Waals surface area contributed by atoms with Gasteiger partial charge in [-0.1, -0.05) is 30.3 Å². The van der Waals surface area contributed by atoms with Gasteiger partial charge >= 0.3 is 0 Å². The second kappa shape index (κ2) is 4.77. The predicted molar refractivity (Wildman–Crippen MR) is 63.8 cm³/mol. The molecule has 1 saturated heterocycles. The minimum absolute atomic E-state index is 0.609. The Kier molecular flexibility index (Phi) is 3.39. The summed E-state index contributed by atoms with van der Waals surface area (Å²) in [5.41, 5.74) is 1.42.